The van der Waals surface area contributed by atoms with E-state index < -0.39 is 0 Å². The molecule has 0 spiro atoms. The summed E-state index contributed by atoms with van der Waals surface area (Å²) in [5.74, 6) is 2.69. The lowest BCUT2D eigenvalue weighted by Gasteiger charge is -2.11. The smallest absolute Gasteiger partial charge is 0.211 e. The summed E-state index contributed by atoms with van der Waals surface area (Å²) in [6.07, 6.45) is 11.3. The van der Waals surface area contributed by atoms with Gasteiger partial charge in [-0.25, -0.2) is 4.98 Å². The van der Waals surface area contributed by atoms with E-state index in [9.17, 15) is 0 Å². The highest BCUT2D eigenvalue weighted by atomic mass is 16.4. The second-order valence-electron chi connectivity index (χ2n) is 5.24. The number of aromatic nitrogens is 1. The molecule has 1 saturated carbocycles. The van der Waals surface area contributed by atoms with Crippen molar-refractivity contribution in [2.45, 2.75) is 57.9 Å². The fourth-order valence-corrected chi connectivity index (χ4v) is 2.59. The van der Waals surface area contributed by atoms with Gasteiger partial charge in [0.2, 0.25) is 5.89 Å². The van der Waals surface area contributed by atoms with E-state index in [4.69, 9.17) is 4.42 Å². The van der Waals surface area contributed by atoms with E-state index in [0.29, 0.717) is 0 Å². The van der Waals surface area contributed by atoms with E-state index in [-0.39, 0.29) is 6.04 Å². The Morgan fingerprint density at radius 1 is 1.35 bits per heavy atom. The molecule has 2 rings (SSSR count). The Hall–Kier alpha value is -0.830. The van der Waals surface area contributed by atoms with Crippen LogP contribution in [0.2, 0.25) is 0 Å². The van der Waals surface area contributed by atoms with Crippen LogP contribution in [0.15, 0.2) is 10.6 Å². The van der Waals surface area contributed by atoms with Crippen molar-refractivity contribution < 1.29 is 4.42 Å². The molecule has 0 aliphatic heterocycles. The lowest BCUT2D eigenvalue weighted by Crippen LogP contribution is -2.12. The standard InChI is InChI=1S/C14H24N2O/c1-11(15-2)14-16-10-13(17-14)9-12-7-5-3-4-6-8-12/h10-12,15H,3-9H2,1-2H3. The number of nitrogens with zero attached hydrogens (tertiary/aromatic N) is 1. The molecule has 1 aliphatic carbocycles. The number of hydrogen-bond donors (Lipinski definition) is 1. The van der Waals surface area contributed by atoms with E-state index in [0.717, 1.165) is 24.0 Å². The SMILES string of the molecule is CNC(C)c1ncc(CC2CCCCCC2)o1. The Morgan fingerprint density at radius 2 is 2.06 bits per heavy atom. The first-order valence-electron chi connectivity index (χ1n) is 6.91. The lowest BCUT2D eigenvalue weighted by molar-refractivity contribution is 0.367. The summed E-state index contributed by atoms with van der Waals surface area (Å²) in [5, 5.41) is 3.15. The fourth-order valence-electron chi connectivity index (χ4n) is 2.59. The molecule has 3 nitrogen and oxygen atoms in total. The highest BCUT2D eigenvalue weighted by Crippen LogP contribution is 2.26. The molecule has 0 amide bonds. The van der Waals surface area contributed by atoms with E-state index in [1.807, 2.05) is 13.2 Å². The van der Waals surface area contributed by atoms with Crippen LogP contribution in [0.4, 0.5) is 0 Å². The van der Waals surface area contributed by atoms with Crippen LogP contribution in [0.25, 0.3) is 0 Å². The molecule has 3 heteroatoms. The first kappa shape index (κ1) is 12.6. The Kier molecular flexibility index (Phi) is 4.60. The molecule has 1 atom stereocenters. The molecule has 1 aromatic heterocycles. The molecule has 0 saturated heterocycles. The maximum absolute atomic E-state index is 5.81. The largest absolute Gasteiger partial charge is 0.444 e. The number of oxazole rings is 1. The summed E-state index contributed by atoms with van der Waals surface area (Å²) in [6, 6.07) is 0.206. The quantitative estimate of drug-likeness (QED) is 0.813. The maximum atomic E-state index is 5.81. The van der Waals surface area contributed by atoms with E-state index in [1.165, 1.54) is 38.5 Å². The summed E-state index contributed by atoms with van der Waals surface area (Å²) in [4.78, 5) is 4.35. The third-order valence-electron chi connectivity index (χ3n) is 3.84. The van der Waals surface area contributed by atoms with Crippen molar-refractivity contribution in [2.24, 2.45) is 5.92 Å². The van der Waals surface area contributed by atoms with Crippen LogP contribution >= 0.6 is 0 Å². The van der Waals surface area contributed by atoms with Crippen LogP contribution in [0.3, 0.4) is 0 Å². The summed E-state index contributed by atoms with van der Waals surface area (Å²) < 4.78 is 5.81. The monoisotopic (exact) mass is 236 g/mol. The average Bonchev–Trinajstić information content (AvgIpc) is 2.65. The van der Waals surface area contributed by atoms with Gasteiger partial charge in [-0.05, 0) is 19.9 Å². The second kappa shape index (κ2) is 6.20. The zero-order valence-corrected chi connectivity index (χ0v) is 11.0. The van der Waals surface area contributed by atoms with Gasteiger partial charge in [0.1, 0.15) is 5.76 Å². The van der Waals surface area contributed by atoms with Crippen LogP contribution < -0.4 is 5.32 Å². The predicted octanol–water partition coefficient (Wildman–Crippen LogP) is 3.47. The van der Waals surface area contributed by atoms with Gasteiger partial charge in [0.25, 0.3) is 0 Å². The summed E-state index contributed by atoms with van der Waals surface area (Å²) in [5.41, 5.74) is 0. The van der Waals surface area contributed by atoms with Gasteiger partial charge < -0.3 is 9.73 Å². The second-order valence-corrected chi connectivity index (χ2v) is 5.24. The van der Waals surface area contributed by atoms with Crippen LogP contribution in [-0.4, -0.2) is 12.0 Å². The summed E-state index contributed by atoms with van der Waals surface area (Å²) >= 11 is 0. The minimum Gasteiger partial charge on any atom is -0.444 e. The molecular weight excluding hydrogens is 212 g/mol. The summed E-state index contributed by atoms with van der Waals surface area (Å²) in [6.45, 7) is 2.07. The molecule has 1 unspecified atom stereocenters. The van der Waals surface area contributed by atoms with Crippen LogP contribution in [0.1, 0.15) is 63.1 Å². The van der Waals surface area contributed by atoms with E-state index in [2.05, 4.69) is 17.2 Å². The molecule has 17 heavy (non-hydrogen) atoms. The Balaban J connectivity index is 1.91. The highest BCUT2D eigenvalue weighted by Gasteiger charge is 2.16. The van der Waals surface area contributed by atoms with Gasteiger partial charge in [-0.3, -0.25) is 0 Å². The van der Waals surface area contributed by atoms with Crippen molar-refractivity contribution in [1.82, 2.24) is 10.3 Å². The fraction of sp³-hybridized carbons (Fsp3) is 0.786. The molecule has 0 radical (unpaired) electrons. The molecule has 1 heterocycles. The van der Waals surface area contributed by atoms with Crippen molar-refractivity contribution in [2.75, 3.05) is 7.05 Å². The lowest BCUT2D eigenvalue weighted by atomic mass is 9.96. The van der Waals surface area contributed by atoms with Crippen molar-refractivity contribution in [1.29, 1.82) is 0 Å². The number of rotatable bonds is 4. The zero-order valence-electron chi connectivity index (χ0n) is 11.0. The Bertz CT molecular complexity index is 327. The normalized spacial score (nSPS) is 20.1. The molecule has 1 aliphatic rings. The summed E-state index contributed by atoms with van der Waals surface area (Å²) in [7, 11) is 1.93. The molecule has 1 aromatic rings. The topological polar surface area (TPSA) is 38.1 Å². The van der Waals surface area contributed by atoms with Crippen LogP contribution in [0.5, 0.6) is 0 Å². The van der Waals surface area contributed by atoms with Crippen LogP contribution in [-0.2, 0) is 6.42 Å². The highest BCUT2D eigenvalue weighted by molar-refractivity contribution is 4.98. The molecule has 0 bridgehead atoms. The number of nitrogens with one attached hydrogen (secondary N) is 1. The van der Waals surface area contributed by atoms with Gasteiger partial charge in [0.15, 0.2) is 0 Å². The van der Waals surface area contributed by atoms with Crippen LogP contribution in [0, 0.1) is 5.92 Å². The predicted molar refractivity (Wildman–Crippen MR) is 68.9 cm³/mol. The minimum atomic E-state index is 0.206. The van der Waals surface area contributed by atoms with E-state index >= 15 is 0 Å². The Labute approximate surface area is 104 Å². The van der Waals surface area contributed by atoms with Crippen molar-refractivity contribution >= 4 is 0 Å². The van der Waals surface area contributed by atoms with E-state index in [1.54, 1.807) is 0 Å². The third-order valence-corrected chi connectivity index (χ3v) is 3.84. The van der Waals surface area contributed by atoms with Gasteiger partial charge in [0, 0.05) is 6.42 Å². The van der Waals surface area contributed by atoms with Gasteiger partial charge in [0.05, 0.1) is 12.2 Å². The van der Waals surface area contributed by atoms with Gasteiger partial charge in [-0.15, -0.1) is 0 Å². The molecule has 1 fully saturated rings. The van der Waals surface area contributed by atoms with Crippen molar-refractivity contribution in [3.63, 3.8) is 0 Å². The first-order chi connectivity index (χ1) is 8.29. The van der Waals surface area contributed by atoms with Gasteiger partial charge in [-0.1, -0.05) is 38.5 Å². The zero-order chi connectivity index (χ0) is 12.1. The van der Waals surface area contributed by atoms with Gasteiger partial charge >= 0.3 is 0 Å². The molecule has 96 valence electrons. The first-order valence-corrected chi connectivity index (χ1v) is 6.91. The number of hydrogen-bond acceptors (Lipinski definition) is 3. The molecule has 1 N–H and O–H groups in total. The Morgan fingerprint density at radius 3 is 2.71 bits per heavy atom. The average molecular weight is 236 g/mol. The molecule has 0 aromatic carbocycles. The van der Waals surface area contributed by atoms with Gasteiger partial charge in [-0.2, -0.15) is 0 Å². The van der Waals surface area contributed by atoms with Crippen molar-refractivity contribution in [3.8, 4) is 0 Å². The molecular formula is C14H24N2O. The third kappa shape index (κ3) is 3.56. The minimum absolute atomic E-state index is 0.206. The maximum Gasteiger partial charge on any atom is 0.211 e. The van der Waals surface area contributed by atoms with Crippen molar-refractivity contribution in [3.05, 3.63) is 17.8 Å².